The SMILES string of the molecule is C=CC(=O)N1CC2CC2=C2C1=CC=CC2c1c(F)cc(C(N)=O)c2[nH]c(C)c(C)c12. The van der Waals surface area contributed by atoms with Crippen molar-refractivity contribution >= 4 is 22.7 Å². The van der Waals surface area contributed by atoms with Crippen molar-refractivity contribution in [3.63, 3.8) is 0 Å². The van der Waals surface area contributed by atoms with Crippen LogP contribution in [-0.4, -0.2) is 28.2 Å². The number of amides is 2. The number of carbonyl (C=O) groups is 2. The van der Waals surface area contributed by atoms with Gasteiger partial charge in [0.1, 0.15) is 5.82 Å². The van der Waals surface area contributed by atoms with Crippen LogP contribution in [0.3, 0.4) is 0 Å². The predicted octanol–water partition coefficient (Wildman–Crippen LogP) is 3.90. The van der Waals surface area contributed by atoms with Crippen molar-refractivity contribution < 1.29 is 14.0 Å². The van der Waals surface area contributed by atoms with Gasteiger partial charge >= 0.3 is 0 Å². The first kappa shape index (κ1) is 18.6. The maximum Gasteiger partial charge on any atom is 0.250 e. The number of aryl methyl sites for hydroxylation is 2. The van der Waals surface area contributed by atoms with Crippen molar-refractivity contribution in [3.05, 3.63) is 82.0 Å². The molecule has 2 aliphatic carbocycles. The van der Waals surface area contributed by atoms with Crippen molar-refractivity contribution in [1.82, 2.24) is 9.88 Å². The molecule has 2 aromatic rings. The third kappa shape index (κ3) is 2.46. The number of rotatable bonds is 3. The van der Waals surface area contributed by atoms with Crippen LogP contribution in [0.15, 0.2) is 53.8 Å². The standard InChI is InChI=1S/C24H22FN3O2/c1-4-19(29)28-10-13-8-15(13)21-14(6-5-7-18(21)28)22-17(25)9-16(24(26)30)23-20(22)11(2)12(3)27-23/h4-7,9,13-14,27H,1,8,10H2,2-3H3,(H2,26,30). The Balaban J connectivity index is 1.76. The fourth-order valence-electron chi connectivity index (χ4n) is 4.94. The van der Waals surface area contributed by atoms with E-state index >= 15 is 4.39 Å². The van der Waals surface area contributed by atoms with E-state index in [2.05, 4.69) is 11.6 Å². The number of H-pyrrole nitrogens is 1. The highest BCUT2D eigenvalue weighted by Crippen LogP contribution is 2.54. The number of halogens is 1. The highest BCUT2D eigenvalue weighted by molar-refractivity contribution is 6.07. The normalized spacial score (nSPS) is 22.0. The summed E-state index contributed by atoms with van der Waals surface area (Å²) in [5.41, 5.74) is 11.6. The van der Waals surface area contributed by atoms with E-state index in [9.17, 15) is 9.59 Å². The molecule has 6 heteroatoms. The number of benzene rings is 1. The van der Waals surface area contributed by atoms with Crippen LogP contribution >= 0.6 is 0 Å². The van der Waals surface area contributed by atoms with Gasteiger partial charge in [0.05, 0.1) is 11.1 Å². The Kier molecular flexibility index (Phi) is 3.90. The van der Waals surface area contributed by atoms with E-state index < -0.39 is 11.7 Å². The largest absolute Gasteiger partial charge is 0.366 e. The van der Waals surface area contributed by atoms with Crippen molar-refractivity contribution in [2.45, 2.75) is 26.2 Å². The number of aromatic amines is 1. The van der Waals surface area contributed by atoms with Gasteiger partial charge in [-0.05, 0) is 49.6 Å². The second kappa shape index (κ2) is 6.29. The van der Waals surface area contributed by atoms with Gasteiger partial charge in [0.25, 0.3) is 5.91 Å². The Morgan fingerprint density at radius 2 is 2.13 bits per heavy atom. The van der Waals surface area contributed by atoms with Crippen LogP contribution in [-0.2, 0) is 4.79 Å². The quantitative estimate of drug-likeness (QED) is 0.763. The molecule has 1 saturated carbocycles. The Morgan fingerprint density at radius 3 is 2.83 bits per heavy atom. The van der Waals surface area contributed by atoms with Gasteiger partial charge in [-0.3, -0.25) is 9.59 Å². The van der Waals surface area contributed by atoms with Crippen molar-refractivity contribution in [2.24, 2.45) is 11.7 Å². The van der Waals surface area contributed by atoms with Crippen molar-refractivity contribution in [2.75, 3.05) is 6.54 Å². The Hall–Kier alpha value is -3.41. The van der Waals surface area contributed by atoms with Crippen LogP contribution in [0, 0.1) is 25.6 Å². The molecule has 0 spiro atoms. The molecule has 5 rings (SSSR count). The number of hydrogen-bond donors (Lipinski definition) is 2. The third-order valence-corrected chi connectivity index (χ3v) is 6.57. The van der Waals surface area contributed by atoms with E-state index in [-0.39, 0.29) is 17.4 Å². The number of primary amides is 1. The molecule has 3 N–H and O–H groups in total. The molecule has 0 radical (unpaired) electrons. The second-order valence-electron chi connectivity index (χ2n) is 8.22. The van der Waals surface area contributed by atoms with E-state index in [1.807, 2.05) is 32.1 Å². The fourth-order valence-corrected chi connectivity index (χ4v) is 4.94. The molecule has 1 aliphatic heterocycles. The number of fused-ring (bicyclic) bond motifs is 3. The number of nitrogens with two attached hydrogens (primary N) is 1. The summed E-state index contributed by atoms with van der Waals surface area (Å²) in [7, 11) is 0. The number of carbonyl (C=O) groups excluding carboxylic acids is 2. The first-order valence-corrected chi connectivity index (χ1v) is 10.00. The van der Waals surface area contributed by atoms with Crippen LogP contribution in [0.5, 0.6) is 0 Å². The summed E-state index contributed by atoms with van der Waals surface area (Å²) in [5.74, 6) is -1.32. The number of nitrogens with zero attached hydrogens (tertiary/aromatic N) is 1. The fraction of sp³-hybridized carbons (Fsp3) is 0.250. The molecule has 152 valence electrons. The summed E-state index contributed by atoms with van der Waals surface area (Å²) in [6.45, 7) is 8.07. The lowest BCUT2D eigenvalue weighted by molar-refractivity contribution is -0.124. The van der Waals surface area contributed by atoms with Gasteiger partial charge in [-0.1, -0.05) is 24.3 Å². The molecule has 2 unspecified atom stereocenters. The van der Waals surface area contributed by atoms with E-state index in [0.29, 0.717) is 28.9 Å². The number of hydrogen-bond acceptors (Lipinski definition) is 2. The van der Waals surface area contributed by atoms with E-state index in [1.165, 1.54) is 17.7 Å². The molecule has 2 atom stereocenters. The minimum absolute atomic E-state index is 0.145. The summed E-state index contributed by atoms with van der Waals surface area (Å²) < 4.78 is 15.5. The molecule has 1 aromatic carbocycles. The van der Waals surface area contributed by atoms with Gasteiger partial charge in [0.2, 0.25) is 5.91 Å². The molecule has 2 amide bonds. The zero-order valence-corrected chi connectivity index (χ0v) is 16.9. The summed E-state index contributed by atoms with van der Waals surface area (Å²) in [4.78, 5) is 29.4. The second-order valence-corrected chi connectivity index (χ2v) is 8.22. The minimum Gasteiger partial charge on any atom is -0.366 e. The summed E-state index contributed by atoms with van der Waals surface area (Å²) in [6.07, 6.45) is 7.98. The van der Waals surface area contributed by atoms with Gasteiger partial charge in [0.15, 0.2) is 0 Å². The van der Waals surface area contributed by atoms with Crippen LogP contribution in [0.1, 0.15) is 39.5 Å². The van der Waals surface area contributed by atoms with Crippen molar-refractivity contribution in [3.8, 4) is 0 Å². The number of allylic oxidation sites excluding steroid dienone is 4. The zero-order valence-electron chi connectivity index (χ0n) is 16.9. The molecule has 2 heterocycles. The smallest absolute Gasteiger partial charge is 0.250 e. The van der Waals surface area contributed by atoms with Gasteiger partial charge < -0.3 is 15.6 Å². The van der Waals surface area contributed by atoms with Gasteiger partial charge in [0, 0.05) is 40.7 Å². The molecular weight excluding hydrogens is 381 g/mol. The Morgan fingerprint density at radius 1 is 1.37 bits per heavy atom. The van der Waals surface area contributed by atoms with Crippen LogP contribution in [0.2, 0.25) is 0 Å². The Labute approximate surface area is 173 Å². The van der Waals surface area contributed by atoms with Gasteiger partial charge in [-0.25, -0.2) is 4.39 Å². The lowest BCUT2D eigenvalue weighted by Gasteiger charge is -2.34. The molecule has 5 nitrogen and oxygen atoms in total. The van der Waals surface area contributed by atoms with E-state index in [0.717, 1.165) is 28.9 Å². The minimum atomic E-state index is -0.670. The maximum atomic E-state index is 15.5. The maximum absolute atomic E-state index is 15.5. The molecular formula is C24H22FN3O2. The topological polar surface area (TPSA) is 79.2 Å². The molecule has 0 saturated heterocycles. The van der Waals surface area contributed by atoms with Crippen LogP contribution in [0.25, 0.3) is 10.9 Å². The van der Waals surface area contributed by atoms with E-state index in [1.54, 1.807) is 4.90 Å². The molecule has 3 aliphatic rings. The van der Waals surface area contributed by atoms with Crippen LogP contribution < -0.4 is 5.73 Å². The first-order chi connectivity index (χ1) is 14.3. The lowest BCUT2D eigenvalue weighted by Crippen LogP contribution is -2.35. The highest BCUT2D eigenvalue weighted by atomic mass is 19.1. The summed E-state index contributed by atoms with van der Waals surface area (Å²) in [6, 6.07) is 1.23. The molecule has 30 heavy (non-hydrogen) atoms. The van der Waals surface area contributed by atoms with E-state index in [4.69, 9.17) is 5.73 Å². The van der Waals surface area contributed by atoms with Gasteiger partial charge in [-0.2, -0.15) is 0 Å². The number of aromatic nitrogens is 1. The first-order valence-electron chi connectivity index (χ1n) is 10.00. The number of nitrogens with one attached hydrogen (secondary N) is 1. The third-order valence-electron chi connectivity index (χ3n) is 6.57. The summed E-state index contributed by atoms with van der Waals surface area (Å²) >= 11 is 0. The molecule has 1 aromatic heterocycles. The lowest BCUT2D eigenvalue weighted by atomic mass is 9.80. The average Bonchev–Trinajstić information content (AvgIpc) is 3.45. The van der Waals surface area contributed by atoms with Gasteiger partial charge in [-0.15, -0.1) is 0 Å². The zero-order chi connectivity index (χ0) is 21.3. The monoisotopic (exact) mass is 403 g/mol. The van der Waals surface area contributed by atoms with Crippen LogP contribution in [0.4, 0.5) is 4.39 Å². The highest BCUT2D eigenvalue weighted by Gasteiger charge is 2.45. The summed E-state index contributed by atoms with van der Waals surface area (Å²) in [5, 5.41) is 0.690. The predicted molar refractivity (Wildman–Crippen MR) is 113 cm³/mol. The molecule has 0 bridgehead atoms. The van der Waals surface area contributed by atoms with Crippen molar-refractivity contribution in [1.29, 1.82) is 0 Å². The molecule has 1 fully saturated rings. The average molecular weight is 403 g/mol. The Bertz CT molecular complexity index is 1260.